The molecular formula is C13H22O7. The van der Waals surface area contributed by atoms with Crippen molar-refractivity contribution in [1.82, 2.24) is 0 Å². The molecule has 1 aliphatic heterocycles. The lowest BCUT2D eigenvalue weighted by Gasteiger charge is -2.25. The highest BCUT2D eigenvalue weighted by atomic mass is 16.8. The van der Waals surface area contributed by atoms with Gasteiger partial charge in [-0.1, -0.05) is 0 Å². The molecule has 116 valence electrons. The molecule has 0 amide bonds. The largest absolute Gasteiger partial charge is 0.510 e. The lowest BCUT2D eigenvalue weighted by atomic mass is 9.99. The van der Waals surface area contributed by atoms with Crippen LogP contribution in [0.15, 0.2) is 11.8 Å². The lowest BCUT2D eigenvalue weighted by molar-refractivity contribution is -0.198. The fourth-order valence-corrected chi connectivity index (χ4v) is 2.12. The Balaban J connectivity index is 2.76. The summed E-state index contributed by atoms with van der Waals surface area (Å²) in [5.41, 5.74) is 0. The summed E-state index contributed by atoms with van der Waals surface area (Å²) in [6, 6.07) is 0. The highest BCUT2D eigenvalue weighted by Crippen LogP contribution is 2.34. The summed E-state index contributed by atoms with van der Waals surface area (Å²) in [6.45, 7) is 2.78. The van der Waals surface area contributed by atoms with E-state index in [0.717, 1.165) is 0 Å². The van der Waals surface area contributed by atoms with E-state index in [1.54, 1.807) is 13.8 Å². The third kappa shape index (κ3) is 5.18. The van der Waals surface area contributed by atoms with Crippen LogP contribution in [0.5, 0.6) is 0 Å². The van der Waals surface area contributed by atoms with Crippen molar-refractivity contribution in [1.29, 1.82) is 0 Å². The minimum atomic E-state index is -2.06. The number of rotatable bonds is 7. The van der Waals surface area contributed by atoms with Crippen molar-refractivity contribution in [2.45, 2.75) is 56.9 Å². The van der Waals surface area contributed by atoms with E-state index in [1.165, 1.54) is 6.08 Å². The zero-order valence-electron chi connectivity index (χ0n) is 11.7. The average molecular weight is 290 g/mol. The fraction of sp³-hybridized carbons (Fsp3) is 0.769. The lowest BCUT2D eigenvalue weighted by Crippen LogP contribution is -2.37. The summed E-state index contributed by atoms with van der Waals surface area (Å²) >= 11 is 0. The van der Waals surface area contributed by atoms with Gasteiger partial charge in [-0.3, -0.25) is 0 Å². The topological polar surface area (TPSA) is 116 Å². The monoisotopic (exact) mass is 290 g/mol. The molecule has 7 heteroatoms. The standard InChI is InChI=1S/C13H22O7/c1-12(2)19-10(6-9(16)8-15)11(20-12)7-13(17,18)4-3-5-14/h5-6,10-11,15-18H,3-4,7-8H2,1-2H3/b9-6-. The number of carbonyl (C=O) groups is 1. The molecule has 0 aromatic carbocycles. The number of ether oxygens (including phenoxy) is 2. The second-order valence-corrected chi connectivity index (χ2v) is 5.35. The van der Waals surface area contributed by atoms with Crippen molar-refractivity contribution in [3.63, 3.8) is 0 Å². The number of aldehydes is 1. The molecule has 1 rings (SSSR count). The van der Waals surface area contributed by atoms with Gasteiger partial charge in [0.15, 0.2) is 11.6 Å². The van der Waals surface area contributed by atoms with Crippen molar-refractivity contribution in [2.24, 2.45) is 0 Å². The van der Waals surface area contributed by atoms with E-state index in [1.807, 2.05) is 0 Å². The average Bonchev–Trinajstić information content (AvgIpc) is 2.60. The maximum Gasteiger partial charge on any atom is 0.165 e. The zero-order valence-corrected chi connectivity index (χ0v) is 11.7. The third-order valence-corrected chi connectivity index (χ3v) is 2.93. The van der Waals surface area contributed by atoms with Gasteiger partial charge in [0.2, 0.25) is 0 Å². The van der Waals surface area contributed by atoms with Crippen molar-refractivity contribution in [3.05, 3.63) is 11.8 Å². The van der Waals surface area contributed by atoms with Gasteiger partial charge < -0.3 is 34.7 Å². The molecule has 4 N–H and O–H groups in total. The molecule has 1 heterocycles. The summed E-state index contributed by atoms with van der Waals surface area (Å²) in [4.78, 5) is 10.3. The van der Waals surface area contributed by atoms with Crippen LogP contribution in [0.1, 0.15) is 33.1 Å². The van der Waals surface area contributed by atoms with Gasteiger partial charge in [-0.05, 0) is 19.9 Å². The molecular weight excluding hydrogens is 268 g/mol. The number of aliphatic hydroxyl groups is 4. The van der Waals surface area contributed by atoms with Gasteiger partial charge >= 0.3 is 0 Å². The maximum atomic E-state index is 10.3. The molecule has 2 atom stereocenters. The van der Waals surface area contributed by atoms with E-state index in [4.69, 9.17) is 14.6 Å². The van der Waals surface area contributed by atoms with Crippen LogP contribution in [0.2, 0.25) is 0 Å². The van der Waals surface area contributed by atoms with Gasteiger partial charge in [0.1, 0.15) is 18.1 Å². The first-order valence-electron chi connectivity index (χ1n) is 6.43. The first-order chi connectivity index (χ1) is 9.19. The van der Waals surface area contributed by atoms with Gasteiger partial charge in [0.05, 0.1) is 12.7 Å². The van der Waals surface area contributed by atoms with Gasteiger partial charge in [0, 0.05) is 19.3 Å². The van der Waals surface area contributed by atoms with Crippen molar-refractivity contribution >= 4 is 6.29 Å². The molecule has 0 aromatic heterocycles. The number of hydrogen-bond acceptors (Lipinski definition) is 7. The Morgan fingerprint density at radius 3 is 2.55 bits per heavy atom. The molecule has 2 unspecified atom stereocenters. The van der Waals surface area contributed by atoms with E-state index in [9.17, 15) is 20.1 Å². The first-order valence-corrected chi connectivity index (χ1v) is 6.43. The molecule has 0 aliphatic carbocycles. The molecule has 20 heavy (non-hydrogen) atoms. The summed E-state index contributed by atoms with van der Waals surface area (Å²) in [7, 11) is 0. The molecule has 0 radical (unpaired) electrons. The Labute approximate surface area is 117 Å². The summed E-state index contributed by atoms with van der Waals surface area (Å²) in [5, 5.41) is 37.8. The van der Waals surface area contributed by atoms with Crippen molar-refractivity contribution in [2.75, 3.05) is 6.61 Å². The second kappa shape index (κ2) is 6.64. The summed E-state index contributed by atoms with van der Waals surface area (Å²) < 4.78 is 11.1. The first kappa shape index (κ1) is 17.1. The zero-order chi connectivity index (χ0) is 15.4. The summed E-state index contributed by atoms with van der Waals surface area (Å²) in [5.74, 6) is -3.28. The molecule has 1 aliphatic rings. The van der Waals surface area contributed by atoms with E-state index in [-0.39, 0.29) is 25.0 Å². The van der Waals surface area contributed by atoms with Crippen LogP contribution in [-0.4, -0.2) is 57.1 Å². The van der Waals surface area contributed by atoms with E-state index >= 15 is 0 Å². The SMILES string of the molecule is CC1(C)OC(/C=C(\O)CO)C(CC(O)(O)CCC=O)O1. The smallest absolute Gasteiger partial charge is 0.165 e. The van der Waals surface area contributed by atoms with Crippen LogP contribution < -0.4 is 0 Å². The van der Waals surface area contributed by atoms with Gasteiger partial charge in [-0.15, -0.1) is 0 Å². The fourth-order valence-electron chi connectivity index (χ4n) is 2.12. The number of hydrogen-bond donors (Lipinski definition) is 4. The normalized spacial score (nSPS) is 26.8. The van der Waals surface area contributed by atoms with Gasteiger partial charge in [-0.2, -0.15) is 0 Å². The number of carbonyl (C=O) groups excluding carboxylic acids is 1. The van der Waals surface area contributed by atoms with Crippen LogP contribution in [0.3, 0.4) is 0 Å². The van der Waals surface area contributed by atoms with Crippen LogP contribution >= 0.6 is 0 Å². The van der Waals surface area contributed by atoms with Crippen LogP contribution in [-0.2, 0) is 14.3 Å². The highest BCUT2D eigenvalue weighted by Gasteiger charge is 2.43. The maximum absolute atomic E-state index is 10.3. The number of aliphatic hydroxyl groups excluding tert-OH is 2. The van der Waals surface area contributed by atoms with Crippen LogP contribution in [0.25, 0.3) is 0 Å². The van der Waals surface area contributed by atoms with Crippen LogP contribution in [0.4, 0.5) is 0 Å². The second-order valence-electron chi connectivity index (χ2n) is 5.35. The Morgan fingerprint density at radius 1 is 1.35 bits per heavy atom. The Kier molecular flexibility index (Phi) is 5.67. The predicted molar refractivity (Wildman–Crippen MR) is 68.7 cm³/mol. The van der Waals surface area contributed by atoms with Crippen molar-refractivity contribution in [3.8, 4) is 0 Å². The third-order valence-electron chi connectivity index (χ3n) is 2.93. The quantitative estimate of drug-likeness (QED) is 0.296. The Hall–Kier alpha value is -0.990. The summed E-state index contributed by atoms with van der Waals surface area (Å²) in [6.07, 6.45) is 0.184. The minimum Gasteiger partial charge on any atom is -0.510 e. The Morgan fingerprint density at radius 2 is 2.00 bits per heavy atom. The van der Waals surface area contributed by atoms with E-state index in [2.05, 4.69) is 0 Å². The molecule has 1 fully saturated rings. The van der Waals surface area contributed by atoms with Gasteiger partial charge in [0.25, 0.3) is 0 Å². The van der Waals surface area contributed by atoms with Gasteiger partial charge in [-0.25, -0.2) is 0 Å². The van der Waals surface area contributed by atoms with Crippen molar-refractivity contribution < 1.29 is 34.7 Å². The minimum absolute atomic E-state index is 0.0202. The Bertz CT molecular complexity index is 362. The molecule has 0 saturated carbocycles. The van der Waals surface area contributed by atoms with Crippen LogP contribution in [0, 0.1) is 0 Å². The molecule has 0 spiro atoms. The highest BCUT2D eigenvalue weighted by molar-refractivity contribution is 5.49. The predicted octanol–water partition coefficient (Wildman–Crippen LogP) is -0.00920. The molecule has 0 aromatic rings. The molecule has 7 nitrogen and oxygen atoms in total. The molecule has 0 bridgehead atoms. The van der Waals surface area contributed by atoms with E-state index in [0.29, 0.717) is 6.29 Å². The molecule has 1 saturated heterocycles. The van der Waals surface area contributed by atoms with E-state index < -0.39 is 30.4 Å².